The number of hydrogen-bond acceptors (Lipinski definition) is 3. The summed E-state index contributed by atoms with van der Waals surface area (Å²) in [6.45, 7) is 1.78. The van der Waals surface area contributed by atoms with Gasteiger partial charge in [-0.25, -0.2) is 4.79 Å². The highest BCUT2D eigenvalue weighted by atomic mass is 16.5. The largest absolute Gasteiger partial charge is 0.467 e. The lowest BCUT2D eigenvalue weighted by Gasteiger charge is -2.21. The van der Waals surface area contributed by atoms with Gasteiger partial charge >= 0.3 is 6.03 Å². The number of furan rings is 1. The van der Waals surface area contributed by atoms with Crippen LogP contribution in [0.4, 0.5) is 4.79 Å². The van der Waals surface area contributed by atoms with Crippen LogP contribution in [0.5, 0.6) is 0 Å². The fourth-order valence-electron chi connectivity index (χ4n) is 2.40. The van der Waals surface area contributed by atoms with Crippen LogP contribution in [0.1, 0.15) is 44.3 Å². The molecule has 20 heavy (non-hydrogen) atoms. The summed E-state index contributed by atoms with van der Waals surface area (Å²) in [5.41, 5.74) is 0. The van der Waals surface area contributed by atoms with Gasteiger partial charge in [0.1, 0.15) is 5.76 Å². The first kappa shape index (κ1) is 14.9. The Hall–Kier alpha value is -1.49. The van der Waals surface area contributed by atoms with Crippen LogP contribution < -0.4 is 10.6 Å². The number of carbonyl (C=O) groups is 1. The Morgan fingerprint density at radius 2 is 2.15 bits per heavy atom. The Kier molecular flexibility index (Phi) is 6.44. The minimum absolute atomic E-state index is 0.168. The van der Waals surface area contributed by atoms with E-state index in [1.165, 1.54) is 32.1 Å². The summed E-state index contributed by atoms with van der Waals surface area (Å²) in [6.07, 6.45) is 9.19. The molecule has 0 radical (unpaired) electrons. The fraction of sp³-hybridized carbons (Fsp3) is 0.667. The van der Waals surface area contributed by atoms with Crippen molar-refractivity contribution in [2.45, 2.75) is 51.2 Å². The summed E-state index contributed by atoms with van der Waals surface area (Å²) in [7, 11) is 0. The van der Waals surface area contributed by atoms with Gasteiger partial charge in [-0.3, -0.25) is 0 Å². The molecule has 0 atom stereocenters. The molecule has 5 nitrogen and oxygen atoms in total. The lowest BCUT2D eigenvalue weighted by Crippen LogP contribution is -2.35. The highest BCUT2D eigenvalue weighted by Crippen LogP contribution is 2.20. The van der Waals surface area contributed by atoms with E-state index >= 15 is 0 Å². The minimum Gasteiger partial charge on any atom is -0.467 e. The summed E-state index contributed by atoms with van der Waals surface area (Å²) in [5.74, 6) is 0.751. The third-order valence-corrected chi connectivity index (χ3v) is 3.52. The second-order valence-electron chi connectivity index (χ2n) is 5.17. The number of rotatable bonds is 7. The van der Waals surface area contributed by atoms with Crippen LogP contribution in [0.2, 0.25) is 0 Å². The zero-order valence-corrected chi connectivity index (χ0v) is 11.9. The Balaban J connectivity index is 1.45. The molecule has 0 unspecified atom stereocenters. The zero-order chi connectivity index (χ0) is 14.0. The molecule has 2 amide bonds. The normalized spacial score (nSPS) is 16.0. The van der Waals surface area contributed by atoms with Crippen molar-refractivity contribution < 1.29 is 13.9 Å². The van der Waals surface area contributed by atoms with Gasteiger partial charge in [0, 0.05) is 13.2 Å². The van der Waals surface area contributed by atoms with Gasteiger partial charge in [0.15, 0.2) is 0 Å². The van der Waals surface area contributed by atoms with Crippen molar-refractivity contribution in [2.75, 3.05) is 13.2 Å². The molecule has 1 saturated carbocycles. The zero-order valence-electron chi connectivity index (χ0n) is 11.9. The van der Waals surface area contributed by atoms with Crippen molar-refractivity contribution in [3.63, 3.8) is 0 Å². The van der Waals surface area contributed by atoms with Crippen LogP contribution in [0, 0.1) is 0 Å². The standard InChI is InChI=1S/C15H24N2O3/c18-15(17-12-14-8-4-10-20-14)16-9-5-11-19-13-6-2-1-3-7-13/h4,8,10,13H,1-3,5-7,9,11-12H2,(H2,16,17,18). The van der Waals surface area contributed by atoms with Crippen molar-refractivity contribution in [2.24, 2.45) is 0 Å². The van der Waals surface area contributed by atoms with Crippen molar-refractivity contribution in [3.8, 4) is 0 Å². The van der Waals surface area contributed by atoms with Crippen LogP contribution in [0.15, 0.2) is 22.8 Å². The van der Waals surface area contributed by atoms with E-state index in [4.69, 9.17) is 9.15 Å². The molecule has 1 aliphatic rings. The van der Waals surface area contributed by atoms with E-state index in [1.54, 1.807) is 12.3 Å². The average molecular weight is 280 g/mol. The van der Waals surface area contributed by atoms with Crippen LogP contribution >= 0.6 is 0 Å². The van der Waals surface area contributed by atoms with E-state index in [9.17, 15) is 4.79 Å². The van der Waals surface area contributed by atoms with Crippen molar-refractivity contribution in [1.29, 1.82) is 0 Å². The van der Waals surface area contributed by atoms with Crippen molar-refractivity contribution in [3.05, 3.63) is 24.2 Å². The van der Waals surface area contributed by atoms with Crippen LogP contribution in [-0.4, -0.2) is 25.3 Å². The maximum absolute atomic E-state index is 11.5. The number of nitrogens with one attached hydrogen (secondary N) is 2. The first-order valence-corrected chi connectivity index (χ1v) is 7.50. The molecule has 0 bridgehead atoms. The van der Waals surface area contributed by atoms with E-state index in [2.05, 4.69) is 10.6 Å². The predicted molar refractivity (Wildman–Crippen MR) is 76.4 cm³/mol. The van der Waals surface area contributed by atoms with Gasteiger partial charge in [0.2, 0.25) is 0 Å². The van der Waals surface area contributed by atoms with E-state index < -0.39 is 0 Å². The maximum atomic E-state index is 11.5. The molecule has 1 fully saturated rings. The Morgan fingerprint density at radius 1 is 1.30 bits per heavy atom. The molecule has 1 aliphatic carbocycles. The predicted octanol–water partition coefficient (Wildman–Crippen LogP) is 2.82. The van der Waals surface area contributed by atoms with Gasteiger partial charge in [-0.15, -0.1) is 0 Å². The minimum atomic E-state index is -0.168. The van der Waals surface area contributed by atoms with Gasteiger partial charge in [0.05, 0.1) is 18.9 Å². The molecule has 5 heteroatoms. The first-order chi connectivity index (χ1) is 9.84. The van der Waals surface area contributed by atoms with Gasteiger partial charge in [-0.2, -0.15) is 0 Å². The number of urea groups is 1. The summed E-state index contributed by atoms with van der Waals surface area (Å²) >= 11 is 0. The highest BCUT2D eigenvalue weighted by Gasteiger charge is 2.12. The first-order valence-electron chi connectivity index (χ1n) is 7.50. The molecule has 2 rings (SSSR count). The van der Waals surface area contributed by atoms with Crippen LogP contribution in [0.25, 0.3) is 0 Å². The Bertz CT molecular complexity index is 372. The summed E-state index contributed by atoms with van der Waals surface area (Å²) in [4.78, 5) is 11.5. The van der Waals surface area contributed by atoms with Crippen LogP contribution in [-0.2, 0) is 11.3 Å². The number of amides is 2. The molecule has 0 aromatic carbocycles. The number of carbonyl (C=O) groups excluding carboxylic acids is 1. The molecular weight excluding hydrogens is 256 g/mol. The smallest absolute Gasteiger partial charge is 0.315 e. The highest BCUT2D eigenvalue weighted by molar-refractivity contribution is 5.73. The topological polar surface area (TPSA) is 63.5 Å². The third kappa shape index (κ3) is 5.65. The van der Waals surface area contributed by atoms with Gasteiger partial charge < -0.3 is 19.8 Å². The Morgan fingerprint density at radius 3 is 2.90 bits per heavy atom. The molecule has 0 saturated heterocycles. The molecule has 1 aromatic rings. The molecule has 1 heterocycles. The molecule has 112 valence electrons. The second kappa shape index (κ2) is 8.64. The quantitative estimate of drug-likeness (QED) is 0.755. The number of ether oxygens (including phenoxy) is 1. The second-order valence-corrected chi connectivity index (χ2v) is 5.17. The summed E-state index contributed by atoms with van der Waals surface area (Å²) in [6, 6.07) is 3.47. The summed E-state index contributed by atoms with van der Waals surface area (Å²) in [5, 5.41) is 5.55. The van der Waals surface area contributed by atoms with E-state index in [-0.39, 0.29) is 6.03 Å². The monoisotopic (exact) mass is 280 g/mol. The van der Waals surface area contributed by atoms with Gasteiger partial charge in [-0.1, -0.05) is 19.3 Å². The van der Waals surface area contributed by atoms with Crippen molar-refractivity contribution in [1.82, 2.24) is 10.6 Å². The summed E-state index contributed by atoms with van der Waals surface area (Å²) < 4.78 is 10.9. The van der Waals surface area contributed by atoms with Crippen LogP contribution in [0.3, 0.4) is 0 Å². The lowest BCUT2D eigenvalue weighted by atomic mass is 9.98. The van der Waals surface area contributed by atoms with E-state index in [0.717, 1.165) is 18.8 Å². The maximum Gasteiger partial charge on any atom is 0.315 e. The van der Waals surface area contributed by atoms with E-state index in [1.807, 2.05) is 6.07 Å². The SMILES string of the molecule is O=C(NCCCOC1CCCCC1)NCc1ccco1. The fourth-order valence-corrected chi connectivity index (χ4v) is 2.40. The van der Waals surface area contributed by atoms with E-state index in [0.29, 0.717) is 19.2 Å². The Labute approximate surface area is 120 Å². The molecule has 0 spiro atoms. The van der Waals surface area contributed by atoms with Gasteiger partial charge in [0.25, 0.3) is 0 Å². The molecule has 2 N–H and O–H groups in total. The average Bonchev–Trinajstić information content (AvgIpc) is 2.99. The third-order valence-electron chi connectivity index (χ3n) is 3.52. The molecule has 1 aromatic heterocycles. The van der Waals surface area contributed by atoms with Gasteiger partial charge in [-0.05, 0) is 31.4 Å². The number of hydrogen-bond donors (Lipinski definition) is 2. The molecule has 0 aliphatic heterocycles. The molecular formula is C15H24N2O3. The van der Waals surface area contributed by atoms with Crippen molar-refractivity contribution >= 4 is 6.03 Å². The lowest BCUT2D eigenvalue weighted by molar-refractivity contribution is 0.0275.